The van der Waals surface area contributed by atoms with Crippen molar-refractivity contribution in [2.75, 3.05) is 18.0 Å². The fourth-order valence-corrected chi connectivity index (χ4v) is 3.00. The molecule has 1 atom stereocenters. The summed E-state index contributed by atoms with van der Waals surface area (Å²) in [5, 5.41) is 15.7. The largest absolute Gasteiger partial charge is 0.478 e. The molecule has 1 unspecified atom stereocenters. The van der Waals surface area contributed by atoms with Gasteiger partial charge in [-0.1, -0.05) is 18.2 Å². The Balaban J connectivity index is 1.52. The van der Waals surface area contributed by atoms with E-state index >= 15 is 0 Å². The minimum Gasteiger partial charge on any atom is -0.478 e. The number of carbonyl (C=O) groups excluding carboxylic acids is 1. The number of carboxylic acids is 1. The van der Waals surface area contributed by atoms with E-state index in [1.807, 2.05) is 18.2 Å². The Labute approximate surface area is 139 Å². The predicted molar refractivity (Wildman–Crippen MR) is 89.0 cm³/mol. The van der Waals surface area contributed by atoms with Crippen molar-refractivity contribution >= 4 is 17.6 Å². The monoisotopic (exact) mass is 328 g/mol. The number of para-hydroxylation sites is 1. The van der Waals surface area contributed by atoms with Gasteiger partial charge in [-0.15, -0.1) is 0 Å². The third-order valence-corrected chi connectivity index (χ3v) is 4.19. The first-order valence-electron chi connectivity index (χ1n) is 7.97. The van der Waals surface area contributed by atoms with E-state index in [9.17, 15) is 9.59 Å². The molecule has 1 aliphatic heterocycles. The molecule has 126 valence electrons. The fourth-order valence-electron chi connectivity index (χ4n) is 3.00. The van der Waals surface area contributed by atoms with Gasteiger partial charge in [0.25, 0.3) is 0 Å². The van der Waals surface area contributed by atoms with Crippen molar-refractivity contribution in [2.24, 2.45) is 0 Å². The van der Waals surface area contributed by atoms with Crippen LogP contribution in [0.15, 0.2) is 42.7 Å². The SMILES string of the molecule is O=C(Cn1cc(C(=O)O)cn1)NCC1CCCN1c1ccccc1. The molecule has 2 N–H and O–H groups in total. The number of nitrogens with zero attached hydrogens (tertiary/aromatic N) is 3. The second-order valence-corrected chi connectivity index (χ2v) is 5.86. The zero-order valence-electron chi connectivity index (χ0n) is 13.3. The van der Waals surface area contributed by atoms with E-state index in [4.69, 9.17) is 5.11 Å². The van der Waals surface area contributed by atoms with E-state index in [-0.39, 0.29) is 24.1 Å². The number of amides is 1. The van der Waals surface area contributed by atoms with Gasteiger partial charge >= 0.3 is 5.97 Å². The van der Waals surface area contributed by atoms with Crippen LogP contribution in [-0.4, -0.2) is 45.9 Å². The molecule has 2 heterocycles. The van der Waals surface area contributed by atoms with Gasteiger partial charge in [-0.3, -0.25) is 9.48 Å². The van der Waals surface area contributed by atoms with E-state index in [0.717, 1.165) is 19.4 Å². The molecule has 1 fully saturated rings. The fraction of sp³-hybridized carbons (Fsp3) is 0.353. The lowest BCUT2D eigenvalue weighted by atomic mass is 10.2. The highest BCUT2D eigenvalue weighted by molar-refractivity contribution is 5.87. The summed E-state index contributed by atoms with van der Waals surface area (Å²) in [5.41, 5.74) is 1.25. The average Bonchev–Trinajstić information content (AvgIpc) is 3.23. The van der Waals surface area contributed by atoms with Crippen molar-refractivity contribution < 1.29 is 14.7 Å². The number of benzene rings is 1. The average molecular weight is 328 g/mol. The van der Waals surface area contributed by atoms with Crippen LogP contribution >= 0.6 is 0 Å². The third-order valence-electron chi connectivity index (χ3n) is 4.19. The van der Waals surface area contributed by atoms with Crippen molar-refractivity contribution in [3.05, 3.63) is 48.3 Å². The summed E-state index contributed by atoms with van der Waals surface area (Å²) >= 11 is 0. The molecule has 2 aromatic rings. The van der Waals surface area contributed by atoms with Crippen LogP contribution in [0.2, 0.25) is 0 Å². The first-order valence-corrected chi connectivity index (χ1v) is 7.97. The molecule has 0 bridgehead atoms. The number of hydrogen-bond donors (Lipinski definition) is 2. The van der Waals surface area contributed by atoms with E-state index in [1.165, 1.54) is 22.8 Å². The molecular formula is C17H20N4O3. The van der Waals surface area contributed by atoms with Crippen LogP contribution in [0.3, 0.4) is 0 Å². The maximum atomic E-state index is 12.1. The minimum atomic E-state index is -1.05. The summed E-state index contributed by atoms with van der Waals surface area (Å²) in [6, 6.07) is 10.5. The highest BCUT2D eigenvalue weighted by atomic mass is 16.4. The number of carbonyl (C=O) groups is 2. The molecule has 1 aliphatic rings. The van der Waals surface area contributed by atoms with E-state index in [0.29, 0.717) is 6.54 Å². The maximum Gasteiger partial charge on any atom is 0.338 e. The summed E-state index contributed by atoms with van der Waals surface area (Å²) in [6.07, 6.45) is 4.74. The van der Waals surface area contributed by atoms with Crippen LogP contribution < -0.4 is 10.2 Å². The van der Waals surface area contributed by atoms with Gasteiger partial charge in [0.2, 0.25) is 5.91 Å². The second kappa shape index (κ2) is 7.16. The van der Waals surface area contributed by atoms with E-state index in [2.05, 4.69) is 27.4 Å². The number of nitrogens with one attached hydrogen (secondary N) is 1. The zero-order valence-corrected chi connectivity index (χ0v) is 13.3. The Morgan fingerprint density at radius 2 is 2.08 bits per heavy atom. The topological polar surface area (TPSA) is 87.5 Å². The Morgan fingerprint density at radius 3 is 2.79 bits per heavy atom. The van der Waals surface area contributed by atoms with E-state index in [1.54, 1.807) is 0 Å². The van der Waals surface area contributed by atoms with Gasteiger partial charge < -0.3 is 15.3 Å². The predicted octanol–water partition coefficient (Wildman–Crippen LogP) is 1.37. The Bertz CT molecular complexity index is 714. The summed E-state index contributed by atoms with van der Waals surface area (Å²) in [4.78, 5) is 25.2. The highest BCUT2D eigenvalue weighted by Gasteiger charge is 2.24. The van der Waals surface area contributed by atoms with Crippen molar-refractivity contribution in [3.8, 4) is 0 Å². The van der Waals surface area contributed by atoms with Gasteiger partial charge in [-0.2, -0.15) is 5.10 Å². The van der Waals surface area contributed by atoms with Crippen molar-refractivity contribution in [1.29, 1.82) is 0 Å². The molecule has 24 heavy (non-hydrogen) atoms. The first-order chi connectivity index (χ1) is 11.6. The number of hydrogen-bond acceptors (Lipinski definition) is 4. The maximum absolute atomic E-state index is 12.1. The van der Waals surface area contributed by atoms with Gasteiger partial charge in [0, 0.05) is 31.0 Å². The molecule has 0 spiro atoms. The molecule has 1 amide bonds. The molecule has 0 radical (unpaired) electrons. The van der Waals surface area contributed by atoms with Gasteiger partial charge in [0.05, 0.1) is 11.8 Å². The van der Waals surface area contributed by atoms with Gasteiger partial charge in [-0.05, 0) is 25.0 Å². The number of aromatic nitrogens is 2. The number of carboxylic acid groups (broad SMARTS) is 1. The van der Waals surface area contributed by atoms with Crippen molar-refractivity contribution in [3.63, 3.8) is 0 Å². The standard InChI is InChI=1S/C17H20N4O3/c22-16(12-20-11-13(9-19-20)17(23)24)18-10-15-7-4-8-21(15)14-5-2-1-3-6-14/h1-3,5-6,9,11,15H,4,7-8,10,12H2,(H,18,22)(H,23,24). The van der Waals surface area contributed by atoms with Gasteiger partial charge in [0.15, 0.2) is 0 Å². The van der Waals surface area contributed by atoms with Gasteiger partial charge in [0.1, 0.15) is 6.54 Å². The Morgan fingerprint density at radius 1 is 1.29 bits per heavy atom. The smallest absolute Gasteiger partial charge is 0.338 e. The Kier molecular flexibility index (Phi) is 4.79. The molecule has 0 aliphatic carbocycles. The number of rotatable bonds is 6. The highest BCUT2D eigenvalue weighted by Crippen LogP contribution is 2.24. The normalized spacial score (nSPS) is 17.0. The summed E-state index contributed by atoms with van der Waals surface area (Å²) in [7, 11) is 0. The van der Waals surface area contributed by atoms with Crippen LogP contribution in [0, 0.1) is 0 Å². The zero-order chi connectivity index (χ0) is 16.9. The van der Waals surface area contributed by atoms with Gasteiger partial charge in [-0.25, -0.2) is 4.79 Å². The molecule has 7 heteroatoms. The third kappa shape index (κ3) is 3.73. The molecule has 1 aromatic heterocycles. The van der Waals surface area contributed by atoms with Crippen molar-refractivity contribution in [2.45, 2.75) is 25.4 Å². The van der Waals surface area contributed by atoms with Crippen LogP contribution in [0.1, 0.15) is 23.2 Å². The minimum absolute atomic E-state index is 0.0192. The molecule has 3 rings (SSSR count). The summed E-state index contributed by atoms with van der Waals surface area (Å²) < 4.78 is 1.34. The molecule has 7 nitrogen and oxygen atoms in total. The number of anilines is 1. The first kappa shape index (κ1) is 16.0. The van der Waals surface area contributed by atoms with Crippen LogP contribution in [-0.2, 0) is 11.3 Å². The van der Waals surface area contributed by atoms with E-state index < -0.39 is 5.97 Å². The summed E-state index contributed by atoms with van der Waals surface area (Å²) in [5.74, 6) is -1.22. The molecule has 0 saturated carbocycles. The quantitative estimate of drug-likeness (QED) is 0.836. The number of aromatic carboxylic acids is 1. The lowest BCUT2D eigenvalue weighted by Crippen LogP contribution is -2.41. The van der Waals surface area contributed by atoms with Crippen LogP contribution in [0.25, 0.3) is 0 Å². The Hall–Kier alpha value is -2.83. The lowest BCUT2D eigenvalue weighted by molar-refractivity contribution is -0.121. The van der Waals surface area contributed by atoms with Crippen LogP contribution in [0.4, 0.5) is 5.69 Å². The lowest BCUT2D eigenvalue weighted by Gasteiger charge is -2.27. The molecular weight excluding hydrogens is 308 g/mol. The second-order valence-electron chi connectivity index (χ2n) is 5.86. The van der Waals surface area contributed by atoms with Crippen molar-refractivity contribution in [1.82, 2.24) is 15.1 Å². The molecule has 1 aromatic carbocycles. The molecule has 1 saturated heterocycles. The summed E-state index contributed by atoms with van der Waals surface area (Å²) in [6.45, 7) is 1.58. The van der Waals surface area contributed by atoms with Crippen LogP contribution in [0.5, 0.6) is 0 Å².